The summed E-state index contributed by atoms with van der Waals surface area (Å²) in [5.74, 6) is -0.224. The summed E-state index contributed by atoms with van der Waals surface area (Å²) in [6.45, 7) is 0. The van der Waals surface area contributed by atoms with Gasteiger partial charge in [0.15, 0.2) is 0 Å². The van der Waals surface area contributed by atoms with Crippen LogP contribution in [0.1, 0.15) is 9.67 Å². The van der Waals surface area contributed by atoms with Gasteiger partial charge in [0.1, 0.15) is 0 Å². The molecule has 0 aliphatic carbocycles. The lowest BCUT2D eigenvalue weighted by molar-refractivity contribution is 0.103. The van der Waals surface area contributed by atoms with Crippen LogP contribution >= 0.6 is 11.3 Å². The van der Waals surface area contributed by atoms with Crippen LogP contribution in [0.4, 0.5) is 5.69 Å². The highest BCUT2D eigenvalue weighted by atomic mass is 32.2. The molecule has 0 saturated carbocycles. The number of benzene rings is 2. The van der Waals surface area contributed by atoms with Crippen molar-refractivity contribution in [3.8, 4) is 11.1 Å². The first-order valence-corrected chi connectivity index (χ1v) is 9.85. The number of amides is 1. The monoisotopic (exact) mass is 372 g/mol. The molecule has 128 valence electrons. The number of carbonyl (C=O) groups is 1. The smallest absolute Gasteiger partial charge is 0.266 e. The van der Waals surface area contributed by atoms with E-state index in [0.29, 0.717) is 10.6 Å². The lowest BCUT2D eigenvalue weighted by atomic mass is 10.1. The topological polar surface area (TPSA) is 75.3 Å². The first-order chi connectivity index (χ1) is 12.0. The van der Waals surface area contributed by atoms with Crippen LogP contribution in [0.3, 0.4) is 0 Å². The maximum atomic E-state index is 12.6. The Morgan fingerprint density at radius 3 is 2.28 bits per heavy atom. The molecule has 1 aromatic heterocycles. The van der Waals surface area contributed by atoms with E-state index in [1.807, 2.05) is 41.8 Å². The summed E-state index contributed by atoms with van der Waals surface area (Å²) < 4.78 is 25.7. The van der Waals surface area contributed by atoms with Gasteiger partial charge in [-0.25, -0.2) is 13.1 Å². The van der Waals surface area contributed by atoms with Crippen LogP contribution in [-0.4, -0.2) is 21.4 Å². The summed E-state index contributed by atoms with van der Waals surface area (Å²) in [6.07, 6.45) is 0. The number of thiophene rings is 1. The largest absolute Gasteiger partial charge is 0.321 e. The van der Waals surface area contributed by atoms with Crippen molar-refractivity contribution in [1.82, 2.24) is 4.72 Å². The van der Waals surface area contributed by atoms with Gasteiger partial charge < -0.3 is 5.32 Å². The van der Waals surface area contributed by atoms with Crippen LogP contribution in [0.5, 0.6) is 0 Å². The normalized spacial score (nSPS) is 11.2. The second-order valence-electron chi connectivity index (χ2n) is 5.22. The Kier molecular flexibility index (Phi) is 4.98. The zero-order valence-electron chi connectivity index (χ0n) is 13.4. The highest BCUT2D eigenvalue weighted by molar-refractivity contribution is 7.89. The molecule has 7 heteroatoms. The van der Waals surface area contributed by atoms with Crippen molar-refractivity contribution in [1.29, 1.82) is 0 Å². The van der Waals surface area contributed by atoms with Crippen LogP contribution < -0.4 is 10.0 Å². The second-order valence-corrected chi connectivity index (χ2v) is 8.02. The minimum absolute atomic E-state index is 0.147. The molecule has 0 atom stereocenters. The first-order valence-electron chi connectivity index (χ1n) is 7.49. The number of rotatable bonds is 5. The van der Waals surface area contributed by atoms with Crippen LogP contribution in [0, 0.1) is 0 Å². The number of carbonyl (C=O) groups excluding carboxylic acids is 1. The number of hydrogen-bond acceptors (Lipinski definition) is 4. The number of sulfonamides is 1. The van der Waals surface area contributed by atoms with Gasteiger partial charge in [0.25, 0.3) is 5.91 Å². The number of nitrogens with one attached hydrogen (secondary N) is 2. The van der Waals surface area contributed by atoms with E-state index < -0.39 is 10.0 Å². The van der Waals surface area contributed by atoms with E-state index in [0.717, 1.165) is 11.1 Å². The molecule has 0 unspecified atom stereocenters. The average molecular weight is 372 g/mol. The summed E-state index contributed by atoms with van der Waals surface area (Å²) in [6, 6.07) is 17.6. The van der Waals surface area contributed by atoms with Crippen molar-refractivity contribution in [2.75, 3.05) is 12.4 Å². The predicted molar refractivity (Wildman–Crippen MR) is 100 cm³/mol. The molecule has 25 heavy (non-hydrogen) atoms. The minimum Gasteiger partial charge on any atom is -0.321 e. The molecule has 0 bridgehead atoms. The van der Waals surface area contributed by atoms with Crippen LogP contribution in [0.2, 0.25) is 0 Å². The lowest BCUT2D eigenvalue weighted by Crippen LogP contribution is -2.18. The van der Waals surface area contributed by atoms with Gasteiger partial charge in [0, 0.05) is 11.3 Å². The van der Waals surface area contributed by atoms with Gasteiger partial charge in [0.05, 0.1) is 9.77 Å². The highest BCUT2D eigenvalue weighted by Gasteiger charge is 2.15. The van der Waals surface area contributed by atoms with Crippen LogP contribution in [-0.2, 0) is 10.0 Å². The zero-order chi connectivity index (χ0) is 17.9. The molecular weight excluding hydrogens is 356 g/mol. The molecule has 1 amide bonds. The van der Waals surface area contributed by atoms with Crippen molar-refractivity contribution in [2.24, 2.45) is 0 Å². The Labute approximate surface area is 150 Å². The molecule has 2 aromatic carbocycles. The first kappa shape index (κ1) is 17.3. The Morgan fingerprint density at radius 1 is 0.960 bits per heavy atom. The molecule has 2 N–H and O–H groups in total. The third-order valence-electron chi connectivity index (χ3n) is 3.65. The van der Waals surface area contributed by atoms with Gasteiger partial charge in [-0.2, -0.15) is 0 Å². The van der Waals surface area contributed by atoms with Gasteiger partial charge in [-0.1, -0.05) is 30.3 Å². The van der Waals surface area contributed by atoms with Crippen molar-refractivity contribution >= 4 is 33.0 Å². The van der Waals surface area contributed by atoms with E-state index in [1.165, 1.54) is 30.5 Å². The third-order valence-corrected chi connectivity index (χ3v) is 5.99. The summed E-state index contributed by atoms with van der Waals surface area (Å²) in [5, 5.41) is 4.68. The molecule has 3 aromatic rings. The fraction of sp³-hybridized carbons (Fsp3) is 0.0556. The van der Waals surface area contributed by atoms with Crippen molar-refractivity contribution < 1.29 is 13.2 Å². The molecule has 0 spiro atoms. The number of anilines is 1. The molecule has 0 radical (unpaired) electrons. The summed E-state index contributed by atoms with van der Waals surface area (Å²) in [7, 11) is -2.14. The van der Waals surface area contributed by atoms with E-state index in [-0.39, 0.29) is 10.8 Å². The third kappa shape index (κ3) is 3.79. The van der Waals surface area contributed by atoms with Crippen molar-refractivity contribution in [3.63, 3.8) is 0 Å². The number of hydrogen-bond donors (Lipinski definition) is 2. The SMILES string of the molecule is CNS(=O)(=O)c1ccc(NC(=O)c2sccc2-c2ccccc2)cc1. The maximum absolute atomic E-state index is 12.6. The van der Waals surface area contributed by atoms with E-state index in [1.54, 1.807) is 12.1 Å². The average Bonchev–Trinajstić information content (AvgIpc) is 3.13. The summed E-state index contributed by atoms with van der Waals surface area (Å²) in [4.78, 5) is 13.3. The van der Waals surface area contributed by atoms with Crippen molar-refractivity contribution in [2.45, 2.75) is 4.90 Å². The molecule has 3 rings (SSSR count). The Morgan fingerprint density at radius 2 is 1.64 bits per heavy atom. The molecular formula is C18H16N2O3S2. The van der Waals surface area contributed by atoms with E-state index in [4.69, 9.17) is 0 Å². The molecule has 1 heterocycles. The molecule has 0 fully saturated rings. The minimum atomic E-state index is -3.49. The van der Waals surface area contributed by atoms with Crippen molar-refractivity contribution in [3.05, 3.63) is 70.9 Å². The Hall–Kier alpha value is -2.48. The molecule has 0 aliphatic heterocycles. The van der Waals surface area contributed by atoms with E-state index in [2.05, 4.69) is 10.0 Å². The Balaban J connectivity index is 1.81. The van der Waals surface area contributed by atoms with Gasteiger partial charge in [-0.15, -0.1) is 11.3 Å². The van der Waals surface area contributed by atoms with Crippen LogP contribution in [0.25, 0.3) is 11.1 Å². The molecule has 0 aliphatic rings. The van der Waals surface area contributed by atoms with Gasteiger partial charge in [-0.05, 0) is 48.3 Å². The van der Waals surface area contributed by atoms with Gasteiger partial charge >= 0.3 is 0 Å². The molecule has 5 nitrogen and oxygen atoms in total. The van der Waals surface area contributed by atoms with E-state index >= 15 is 0 Å². The Bertz CT molecular complexity index is 979. The maximum Gasteiger partial charge on any atom is 0.266 e. The highest BCUT2D eigenvalue weighted by Crippen LogP contribution is 2.29. The fourth-order valence-corrected chi connectivity index (χ4v) is 3.89. The van der Waals surface area contributed by atoms with E-state index in [9.17, 15) is 13.2 Å². The second kappa shape index (κ2) is 7.18. The summed E-state index contributed by atoms with van der Waals surface area (Å²) >= 11 is 1.36. The predicted octanol–water partition coefficient (Wildman–Crippen LogP) is 3.58. The lowest BCUT2D eigenvalue weighted by Gasteiger charge is -2.08. The standard InChI is InChI=1S/C18H16N2O3S2/c1-19-25(22,23)15-9-7-14(8-10-15)20-18(21)17-16(11-12-24-17)13-5-3-2-4-6-13/h2-12,19H,1H3,(H,20,21). The van der Waals surface area contributed by atoms with Gasteiger partial charge in [0.2, 0.25) is 10.0 Å². The quantitative estimate of drug-likeness (QED) is 0.719. The zero-order valence-corrected chi connectivity index (χ0v) is 15.0. The van der Waals surface area contributed by atoms with Gasteiger partial charge in [-0.3, -0.25) is 4.79 Å². The fourth-order valence-electron chi connectivity index (χ4n) is 2.35. The summed E-state index contributed by atoms with van der Waals surface area (Å²) in [5.41, 5.74) is 2.38. The molecule has 0 saturated heterocycles. The van der Waals surface area contributed by atoms with Crippen LogP contribution in [0.15, 0.2) is 70.9 Å².